The van der Waals surface area contributed by atoms with Crippen LogP contribution in [0.1, 0.15) is 45.2 Å². The molecule has 2 N–H and O–H groups in total. The van der Waals surface area contributed by atoms with Gasteiger partial charge in [0.05, 0.1) is 35.2 Å². The van der Waals surface area contributed by atoms with E-state index in [0.29, 0.717) is 34.8 Å². The monoisotopic (exact) mass is 689 g/mol. The van der Waals surface area contributed by atoms with Crippen molar-refractivity contribution < 1.29 is 18.0 Å². The smallest absolute Gasteiger partial charge is 0.371 e. The van der Waals surface area contributed by atoms with E-state index in [1.165, 1.54) is 17.0 Å². The number of carbonyl (C=O) groups excluding carboxylic acids is 1. The molecular formula is C33H27BrF3N7O2. The summed E-state index contributed by atoms with van der Waals surface area (Å²) in [5.41, 5.74) is 3.48. The van der Waals surface area contributed by atoms with Gasteiger partial charge in [0.25, 0.3) is 11.5 Å². The first-order chi connectivity index (χ1) is 22.0. The van der Waals surface area contributed by atoms with Crippen molar-refractivity contribution >= 4 is 44.2 Å². The summed E-state index contributed by atoms with van der Waals surface area (Å²) in [6.07, 6.45) is -2.22. The number of aromatic nitrogens is 5. The molecule has 0 saturated carbocycles. The van der Waals surface area contributed by atoms with Gasteiger partial charge < -0.3 is 10.2 Å². The summed E-state index contributed by atoms with van der Waals surface area (Å²) in [5.74, 6) is 0.125. The summed E-state index contributed by atoms with van der Waals surface area (Å²) in [6.45, 7) is 1.79. The van der Waals surface area contributed by atoms with Crippen molar-refractivity contribution in [3.8, 4) is 5.69 Å². The van der Waals surface area contributed by atoms with Crippen molar-refractivity contribution in [2.75, 3.05) is 12.4 Å². The number of nitrogens with one attached hydrogen (secondary N) is 2. The Balaban J connectivity index is 1.38. The summed E-state index contributed by atoms with van der Waals surface area (Å²) in [4.78, 5) is 29.7. The summed E-state index contributed by atoms with van der Waals surface area (Å²) < 4.78 is 44.2. The Hall–Kier alpha value is -4.91. The fourth-order valence-corrected chi connectivity index (χ4v) is 6.69. The predicted octanol–water partition coefficient (Wildman–Crippen LogP) is 6.36. The van der Waals surface area contributed by atoms with E-state index in [1.807, 2.05) is 48.5 Å². The lowest BCUT2D eigenvalue weighted by molar-refractivity contribution is -0.138. The van der Waals surface area contributed by atoms with Crippen molar-refractivity contribution in [3.05, 3.63) is 121 Å². The molecule has 0 saturated heterocycles. The second kappa shape index (κ2) is 11.2. The number of fused-ring (bicyclic) bond motifs is 4. The van der Waals surface area contributed by atoms with Crippen LogP contribution in [-0.2, 0) is 25.6 Å². The normalized spacial score (nSPS) is 15.0. The zero-order chi connectivity index (χ0) is 32.3. The molecule has 4 heterocycles. The molecule has 1 aliphatic heterocycles. The third-order valence-electron chi connectivity index (χ3n) is 8.50. The van der Waals surface area contributed by atoms with E-state index in [2.05, 4.69) is 31.4 Å². The van der Waals surface area contributed by atoms with Crippen LogP contribution in [0.4, 0.5) is 19.0 Å². The van der Waals surface area contributed by atoms with Gasteiger partial charge in [-0.3, -0.25) is 19.3 Å². The van der Waals surface area contributed by atoms with Gasteiger partial charge in [-0.15, -0.1) is 0 Å². The van der Waals surface area contributed by atoms with Gasteiger partial charge in [-0.25, -0.2) is 4.52 Å². The molecule has 234 valence electrons. The summed E-state index contributed by atoms with van der Waals surface area (Å²) >= 11 is 2.95. The van der Waals surface area contributed by atoms with Gasteiger partial charge in [0, 0.05) is 46.1 Å². The second-order valence-electron chi connectivity index (χ2n) is 11.4. The highest BCUT2D eigenvalue weighted by atomic mass is 79.9. The van der Waals surface area contributed by atoms with Crippen LogP contribution in [0.25, 0.3) is 22.2 Å². The number of halogens is 4. The summed E-state index contributed by atoms with van der Waals surface area (Å²) in [6, 6.07) is 18.4. The van der Waals surface area contributed by atoms with Crippen LogP contribution in [0.2, 0.25) is 0 Å². The minimum Gasteiger partial charge on any atom is -0.371 e. The molecule has 3 aromatic heterocycles. The molecule has 0 spiro atoms. The Kier molecular flexibility index (Phi) is 7.23. The number of benzene rings is 3. The SMILES string of the molecule is CNc1n[nH]c2cc(-n3c(=O)c4c(n5ncc(Cc6ccccc6)c35)CN(C(=O)c3ccc(Br)c(C(F)(F)F)c3)[C@@H](C)C4)ccc12. The van der Waals surface area contributed by atoms with E-state index in [1.54, 1.807) is 29.3 Å². The van der Waals surface area contributed by atoms with Gasteiger partial charge in [-0.05, 0) is 55.3 Å². The highest BCUT2D eigenvalue weighted by Crippen LogP contribution is 2.36. The molecular weight excluding hydrogens is 663 g/mol. The number of alkyl halides is 3. The van der Waals surface area contributed by atoms with Crippen molar-refractivity contribution in [2.45, 2.75) is 38.5 Å². The average molecular weight is 691 g/mol. The van der Waals surface area contributed by atoms with Gasteiger partial charge in [-0.2, -0.15) is 23.4 Å². The number of rotatable bonds is 5. The number of amides is 1. The van der Waals surface area contributed by atoms with E-state index in [0.717, 1.165) is 28.1 Å². The van der Waals surface area contributed by atoms with Crippen LogP contribution in [0, 0.1) is 0 Å². The lowest BCUT2D eigenvalue weighted by Crippen LogP contribution is -2.46. The first-order valence-electron chi connectivity index (χ1n) is 14.6. The zero-order valence-corrected chi connectivity index (χ0v) is 26.3. The zero-order valence-electron chi connectivity index (χ0n) is 24.7. The van der Waals surface area contributed by atoms with Gasteiger partial charge in [0.1, 0.15) is 5.65 Å². The maximum absolute atomic E-state index is 14.5. The van der Waals surface area contributed by atoms with Crippen LogP contribution in [0.15, 0.2) is 82.2 Å². The Labute approximate surface area is 268 Å². The standard InChI is InChI=1S/C33H27BrF3N7O2/c1-18-12-24-28(17-42(18)31(45)20-8-11-26(34)25(14-20)33(35,36)37)44-30(21(16-39-44)13-19-6-4-3-5-7-19)43(32(24)46)22-9-10-23-27(15-22)40-41-29(23)38-2/h3-11,14-16,18H,12-13,17H2,1-2H3,(H2,38,40,41)/t18-/m0/s1. The summed E-state index contributed by atoms with van der Waals surface area (Å²) in [5, 5.41) is 16.0. The number of hydrogen-bond donors (Lipinski definition) is 2. The van der Waals surface area contributed by atoms with Crippen LogP contribution in [-0.4, -0.2) is 48.3 Å². The fourth-order valence-electron chi connectivity index (χ4n) is 6.22. The number of aromatic amines is 1. The maximum atomic E-state index is 14.5. The molecule has 7 rings (SSSR count). The largest absolute Gasteiger partial charge is 0.417 e. The van der Waals surface area contributed by atoms with Crippen LogP contribution in [0.3, 0.4) is 0 Å². The predicted molar refractivity (Wildman–Crippen MR) is 171 cm³/mol. The van der Waals surface area contributed by atoms with Crippen LogP contribution < -0.4 is 10.9 Å². The maximum Gasteiger partial charge on any atom is 0.417 e. The van der Waals surface area contributed by atoms with E-state index < -0.39 is 23.7 Å². The van der Waals surface area contributed by atoms with Gasteiger partial charge in [-0.1, -0.05) is 46.3 Å². The van der Waals surface area contributed by atoms with Gasteiger partial charge in [0.15, 0.2) is 5.82 Å². The molecule has 0 bridgehead atoms. The molecule has 1 amide bonds. The third kappa shape index (κ3) is 4.95. The highest BCUT2D eigenvalue weighted by Gasteiger charge is 2.36. The number of anilines is 1. The molecule has 0 unspecified atom stereocenters. The average Bonchev–Trinajstić information content (AvgIpc) is 3.65. The molecule has 0 aliphatic carbocycles. The first kappa shape index (κ1) is 29.8. The highest BCUT2D eigenvalue weighted by molar-refractivity contribution is 9.10. The topological polar surface area (TPSA) is 100 Å². The Morgan fingerprint density at radius 3 is 2.63 bits per heavy atom. The molecule has 9 nitrogen and oxygen atoms in total. The minimum absolute atomic E-state index is 0.00308. The fraction of sp³-hybridized carbons (Fsp3) is 0.212. The lowest BCUT2D eigenvalue weighted by Gasteiger charge is -2.35. The number of hydrogen-bond acceptors (Lipinski definition) is 5. The number of nitrogens with zero attached hydrogens (tertiary/aromatic N) is 5. The molecule has 6 aromatic rings. The summed E-state index contributed by atoms with van der Waals surface area (Å²) in [7, 11) is 1.78. The second-order valence-corrected chi connectivity index (χ2v) is 12.2. The molecule has 13 heteroatoms. The Morgan fingerprint density at radius 2 is 1.89 bits per heavy atom. The van der Waals surface area contributed by atoms with Crippen molar-refractivity contribution in [1.29, 1.82) is 0 Å². The van der Waals surface area contributed by atoms with Crippen molar-refractivity contribution in [2.24, 2.45) is 0 Å². The van der Waals surface area contributed by atoms with E-state index in [9.17, 15) is 22.8 Å². The van der Waals surface area contributed by atoms with E-state index in [-0.39, 0.29) is 28.6 Å². The van der Waals surface area contributed by atoms with E-state index >= 15 is 0 Å². The molecule has 3 aromatic carbocycles. The quantitative estimate of drug-likeness (QED) is 0.219. The minimum atomic E-state index is -4.63. The number of H-pyrrole nitrogens is 1. The Morgan fingerprint density at radius 1 is 1.11 bits per heavy atom. The molecule has 0 radical (unpaired) electrons. The van der Waals surface area contributed by atoms with Crippen LogP contribution >= 0.6 is 15.9 Å². The Bertz CT molecular complexity index is 2210. The third-order valence-corrected chi connectivity index (χ3v) is 9.20. The van der Waals surface area contributed by atoms with E-state index in [4.69, 9.17) is 5.10 Å². The molecule has 0 fully saturated rings. The molecule has 1 atom stereocenters. The number of carbonyl (C=O) groups is 1. The lowest BCUT2D eigenvalue weighted by atomic mass is 9.97. The molecule has 46 heavy (non-hydrogen) atoms. The van der Waals surface area contributed by atoms with Gasteiger partial charge in [0.2, 0.25) is 0 Å². The first-order valence-corrected chi connectivity index (χ1v) is 15.4. The van der Waals surface area contributed by atoms with Gasteiger partial charge >= 0.3 is 6.18 Å². The van der Waals surface area contributed by atoms with Crippen LogP contribution in [0.5, 0.6) is 0 Å². The van der Waals surface area contributed by atoms with Crippen molar-refractivity contribution in [3.63, 3.8) is 0 Å². The molecule has 1 aliphatic rings. The van der Waals surface area contributed by atoms with Crippen molar-refractivity contribution in [1.82, 2.24) is 29.3 Å².